The maximum atomic E-state index is 11.9. The third-order valence-electron chi connectivity index (χ3n) is 2.68. The van der Waals surface area contributed by atoms with Gasteiger partial charge in [-0.05, 0) is 12.5 Å². The van der Waals surface area contributed by atoms with Crippen LogP contribution in [0.3, 0.4) is 0 Å². The van der Waals surface area contributed by atoms with Crippen molar-refractivity contribution in [3.8, 4) is 0 Å². The molecule has 0 aromatic heterocycles. The van der Waals surface area contributed by atoms with Crippen LogP contribution in [-0.2, 0) is 9.53 Å². The summed E-state index contributed by atoms with van der Waals surface area (Å²) in [4.78, 5) is 16.0. The molecule has 5 heteroatoms. The predicted molar refractivity (Wildman–Crippen MR) is 73.1 cm³/mol. The second-order valence-corrected chi connectivity index (χ2v) is 4.97. The molecule has 1 aliphatic heterocycles. The molecule has 1 aromatic rings. The number of carbonyl (C=O) groups is 1. The van der Waals surface area contributed by atoms with E-state index in [4.69, 9.17) is 10.5 Å². The average Bonchev–Trinajstić information content (AvgIpc) is 2.38. The van der Waals surface area contributed by atoms with E-state index in [-0.39, 0.29) is 11.2 Å². The van der Waals surface area contributed by atoms with Crippen molar-refractivity contribution in [2.24, 2.45) is 10.7 Å². The minimum atomic E-state index is -0.356. The molecule has 1 heterocycles. The molecule has 0 saturated carbocycles. The maximum absolute atomic E-state index is 11.9. The van der Waals surface area contributed by atoms with E-state index in [0.29, 0.717) is 16.4 Å². The Bertz CT molecular complexity index is 523. The van der Waals surface area contributed by atoms with Gasteiger partial charge in [0.05, 0.1) is 23.6 Å². The SMILES string of the molecule is COC(=O)C1=C(C)N=C(N)S[C@@H]1c1ccccc1. The maximum Gasteiger partial charge on any atom is 0.337 e. The molecule has 94 valence electrons. The largest absolute Gasteiger partial charge is 0.466 e. The summed E-state index contributed by atoms with van der Waals surface area (Å²) in [5.41, 5.74) is 7.97. The highest BCUT2D eigenvalue weighted by atomic mass is 32.2. The molecule has 0 saturated heterocycles. The normalized spacial score (nSPS) is 19.4. The summed E-state index contributed by atoms with van der Waals surface area (Å²) >= 11 is 1.36. The number of rotatable bonds is 2. The Morgan fingerprint density at radius 3 is 2.67 bits per heavy atom. The van der Waals surface area contributed by atoms with Gasteiger partial charge in [-0.3, -0.25) is 0 Å². The first-order valence-corrected chi connectivity index (χ1v) is 6.36. The highest BCUT2D eigenvalue weighted by Crippen LogP contribution is 2.41. The molecule has 0 spiro atoms. The molecule has 1 aliphatic rings. The van der Waals surface area contributed by atoms with Crippen molar-refractivity contribution >= 4 is 22.9 Å². The molecule has 2 rings (SSSR count). The third kappa shape index (κ3) is 2.41. The fourth-order valence-electron chi connectivity index (χ4n) is 1.85. The minimum Gasteiger partial charge on any atom is -0.466 e. The highest BCUT2D eigenvalue weighted by Gasteiger charge is 2.30. The quantitative estimate of drug-likeness (QED) is 0.830. The molecule has 0 aliphatic carbocycles. The lowest BCUT2D eigenvalue weighted by Gasteiger charge is -2.23. The van der Waals surface area contributed by atoms with Crippen molar-refractivity contribution in [1.29, 1.82) is 0 Å². The number of nitrogens with two attached hydrogens (primary N) is 1. The predicted octanol–water partition coefficient (Wildman–Crippen LogP) is 2.24. The summed E-state index contributed by atoms with van der Waals surface area (Å²) in [6.07, 6.45) is 0. The zero-order chi connectivity index (χ0) is 13.1. The van der Waals surface area contributed by atoms with E-state index in [1.165, 1.54) is 18.9 Å². The smallest absolute Gasteiger partial charge is 0.337 e. The van der Waals surface area contributed by atoms with Gasteiger partial charge in [0, 0.05) is 0 Å². The van der Waals surface area contributed by atoms with Crippen LogP contribution in [0.1, 0.15) is 17.7 Å². The van der Waals surface area contributed by atoms with Gasteiger partial charge in [-0.2, -0.15) is 0 Å². The Balaban J connectivity index is 2.47. The molecular weight excluding hydrogens is 248 g/mol. The lowest BCUT2D eigenvalue weighted by molar-refractivity contribution is -0.136. The van der Waals surface area contributed by atoms with Gasteiger partial charge >= 0.3 is 5.97 Å². The van der Waals surface area contributed by atoms with Crippen LogP contribution in [0.25, 0.3) is 0 Å². The van der Waals surface area contributed by atoms with Gasteiger partial charge in [0.25, 0.3) is 0 Å². The Morgan fingerprint density at radius 1 is 1.39 bits per heavy atom. The fourth-order valence-corrected chi connectivity index (χ4v) is 2.96. The standard InChI is InChI=1S/C13H14N2O2S/c1-8-10(12(16)17-2)11(18-13(14)15-8)9-6-4-3-5-7-9/h3-7,11H,1-2H3,(H2,14,15)/t11-/m1/s1. The Hall–Kier alpha value is -1.75. The van der Waals surface area contributed by atoms with Crippen LogP contribution in [0, 0.1) is 0 Å². The summed E-state index contributed by atoms with van der Waals surface area (Å²) in [5, 5.41) is 0.310. The van der Waals surface area contributed by atoms with Crippen LogP contribution >= 0.6 is 11.8 Å². The monoisotopic (exact) mass is 262 g/mol. The van der Waals surface area contributed by atoms with Gasteiger partial charge in [-0.25, -0.2) is 9.79 Å². The van der Waals surface area contributed by atoms with E-state index in [1.54, 1.807) is 6.92 Å². The summed E-state index contributed by atoms with van der Waals surface area (Å²) in [6, 6.07) is 9.73. The van der Waals surface area contributed by atoms with Gasteiger partial charge in [0.15, 0.2) is 5.17 Å². The molecule has 0 bridgehead atoms. The van der Waals surface area contributed by atoms with Crippen LogP contribution in [0.15, 0.2) is 46.6 Å². The van der Waals surface area contributed by atoms with Gasteiger partial charge < -0.3 is 10.5 Å². The number of methoxy groups -OCH3 is 1. The number of benzene rings is 1. The van der Waals surface area contributed by atoms with Crippen LogP contribution in [0.5, 0.6) is 0 Å². The van der Waals surface area contributed by atoms with Crippen molar-refractivity contribution in [2.75, 3.05) is 7.11 Å². The van der Waals surface area contributed by atoms with E-state index in [2.05, 4.69) is 4.99 Å². The lowest BCUT2D eigenvalue weighted by atomic mass is 10.0. The number of aliphatic imine (C=N–C) groups is 1. The van der Waals surface area contributed by atoms with Gasteiger partial charge in [0.1, 0.15) is 0 Å². The molecule has 0 fully saturated rings. The zero-order valence-corrected chi connectivity index (χ0v) is 11.0. The van der Waals surface area contributed by atoms with Gasteiger partial charge in [0.2, 0.25) is 0 Å². The van der Waals surface area contributed by atoms with Crippen LogP contribution in [-0.4, -0.2) is 18.2 Å². The Kier molecular flexibility index (Phi) is 3.72. The number of hydrogen-bond acceptors (Lipinski definition) is 5. The summed E-state index contributed by atoms with van der Waals surface area (Å²) in [6.45, 7) is 1.77. The second kappa shape index (κ2) is 5.27. The van der Waals surface area contributed by atoms with E-state index in [9.17, 15) is 4.79 Å². The average molecular weight is 262 g/mol. The van der Waals surface area contributed by atoms with E-state index in [0.717, 1.165) is 5.56 Å². The minimum absolute atomic E-state index is 0.156. The first kappa shape index (κ1) is 12.7. The number of amidine groups is 1. The van der Waals surface area contributed by atoms with Crippen molar-refractivity contribution in [1.82, 2.24) is 0 Å². The molecule has 1 atom stereocenters. The molecule has 0 unspecified atom stereocenters. The molecule has 4 nitrogen and oxygen atoms in total. The Labute approximate surface area is 110 Å². The second-order valence-electron chi connectivity index (χ2n) is 3.85. The number of esters is 1. The molecule has 2 N–H and O–H groups in total. The number of carbonyl (C=O) groups excluding carboxylic acids is 1. The van der Waals surface area contributed by atoms with Crippen LogP contribution in [0.4, 0.5) is 0 Å². The zero-order valence-electron chi connectivity index (χ0n) is 10.2. The number of thioether (sulfide) groups is 1. The van der Waals surface area contributed by atoms with Crippen LogP contribution < -0.4 is 5.73 Å². The van der Waals surface area contributed by atoms with E-state index in [1.807, 2.05) is 30.3 Å². The van der Waals surface area contributed by atoms with Crippen molar-refractivity contribution in [2.45, 2.75) is 12.2 Å². The number of ether oxygens (including phenoxy) is 1. The summed E-state index contributed by atoms with van der Waals surface area (Å²) < 4.78 is 4.83. The highest BCUT2D eigenvalue weighted by molar-refractivity contribution is 8.14. The van der Waals surface area contributed by atoms with Crippen LogP contribution in [0.2, 0.25) is 0 Å². The number of allylic oxidation sites excluding steroid dienone is 1. The number of nitrogens with zero attached hydrogens (tertiary/aromatic N) is 1. The van der Waals surface area contributed by atoms with Crippen molar-refractivity contribution in [3.05, 3.63) is 47.2 Å². The summed E-state index contributed by atoms with van der Waals surface area (Å²) in [7, 11) is 1.37. The van der Waals surface area contributed by atoms with E-state index < -0.39 is 0 Å². The van der Waals surface area contributed by atoms with Gasteiger partial charge in [-0.1, -0.05) is 42.1 Å². The van der Waals surface area contributed by atoms with Crippen molar-refractivity contribution in [3.63, 3.8) is 0 Å². The lowest BCUT2D eigenvalue weighted by Crippen LogP contribution is -2.21. The fraction of sp³-hybridized carbons (Fsp3) is 0.231. The molecule has 0 radical (unpaired) electrons. The molecule has 0 amide bonds. The van der Waals surface area contributed by atoms with Gasteiger partial charge in [-0.15, -0.1) is 0 Å². The van der Waals surface area contributed by atoms with E-state index >= 15 is 0 Å². The summed E-state index contributed by atoms with van der Waals surface area (Å²) in [5.74, 6) is -0.356. The Morgan fingerprint density at radius 2 is 2.06 bits per heavy atom. The first-order valence-electron chi connectivity index (χ1n) is 5.48. The topological polar surface area (TPSA) is 64.7 Å². The molecular formula is C13H14N2O2S. The third-order valence-corrected chi connectivity index (χ3v) is 3.75. The first-order chi connectivity index (χ1) is 8.63. The molecule has 1 aromatic carbocycles. The number of hydrogen-bond donors (Lipinski definition) is 1. The molecule has 18 heavy (non-hydrogen) atoms. The van der Waals surface area contributed by atoms with Crippen molar-refractivity contribution < 1.29 is 9.53 Å².